The normalized spacial score (nSPS) is 14.4. The summed E-state index contributed by atoms with van der Waals surface area (Å²) in [5, 5.41) is 3.98. The van der Waals surface area contributed by atoms with Crippen LogP contribution in [0.25, 0.3) is 33.4 Å². The topological polar surface area (TPSA) is 59.9 Å². The van der Waals surface area contributed by atoms with E-state index < -0.39 is 0 Å². The highest BCUT2D eigenvalue weighted by molar-refractivity contribution is 5.97. The van der Waals surface area contributed by atoms with Crippen molar-refractivity contribution in [2.75, 3.05) is 19.0 Å². The molecule has 1 aliphatic carbocycles. The van der Waals surface area contributed by atoms with E-state index in [-0.39, 0.29) is 5.82 Å². The second-order valence-electron chi connectivity index (χ2n) is 8.55. The van der Waals surface area contributed by atoms with Gasteiger partial charge < -0.3 is 10.1 Å². The van der Waals surface area contributed by atoms with Crippen molar-refractivity contribution >= 4 is 16.7 Å². The van der Waals surface area contributed by atoms with Crippen molar-refractivity contribution in [3.05, 3.63) is 66.7 Å². The van der Waals surface area contributed by atoms with Gasteiger partial charge in [0.05, 0.1) is 6.61 Å². The van der Waals surface area contributed by atoms with Gasteiger partial charge in [-0.25, -0.2) is 14.4 Å². The van der Waals surface area contributed by atoms with Crippen LogP contribution in [0.3, 0.4) is 0 Å². The zero-order chi connectivity index (χ0) is 22.6. The number of benzene rings is 2. The molecule has 0 atom stereocenters. The number of fused-ring (bicyclic) bond motifs is 1. The van der Waals surface area contributed by atoms with E-state index in [1.807, 2.05) is 37.4 Å². The molecule has 5 nitrogen and oxygen atoms in total. The molecule has 33 heavy (non-hydrogen) atoms. The Bertz CT molecular complexity index is 1260. The first-order chi connectivity index (χ1) is 16.2. The van der Waals surface area contributed by atoms with Gasteiger partial charge in [-0.1, -0.05) is 37.5 Å². The standard InChI is InChI=1S/C27H27FN4O/c1-29-27-22-14-20(21-11-5-6-12-23(21)28)15-24(33-17-18-8-3-2-4-9-18)25(22)31-26(32-27)19-10-7-13-30-16-19/h5-7,10-16,18H,2-4,8-9,17H2,1H3,(H,29,31,32). The van der Waals surface area contributed by atoms with Crippen molar-refractivity contribution in [3.63, 3.8) is 0 Å². The minimum Gasteiger partial charge on any atom is -0.491 e. The molecule has 0 radical (unpaired) electrons. The van der Waals surface area contributed by atoms with Crippen LogP contribution in [-0.2, 0) is 0 Å². The number of aromatic nitrogens is 3. The van der Waals surface area contributed by atoms with Crippen molar-refractivity contribution in [1.29, 1.82) is 0 Å². The van der Waals surface area contributed by atoms with Gasteiger partial charge in [0.2, 0.25) is 0 Å². The third-order valence-corrected chi connectivity index (χ3v) is 6.31. The molecule has 1 fully saturated rings. The summed E-state index contributed by atoms with van der Waals surface area (Å²) in [6.45, 7) is 0.636. The lowest BCUT2D eigenvalue weighted by molar-refractivity contribution is 0.210. The highest BCUT2D eigenvalue weighted by Crippen LogP contribution is 2.37. The average Bonchev–Trinajstić information content (AvgIpc) is 2.88. The van der Waals surface area contributed by atoms with Gasteiger partial charge in [-0.05, 0) is 54.7 Å². The molecule has 0 spiro atoms. The summed E-state index contributed by atoms with van der Waals surface area (Å²) in [7, 11) is 1.83. The summed E-state index contributed by atoms with van der Waals surface area (Å²) in [6, 6.07) is 14.4. The first kappa shape index (κ1) is 21.3. The van der Waals surface area contributed by atoms with Crippen LogP contribution < -0.4 is 10.1 Å². The molecule has 2 aromatic carbocycles. The third kappa shape index (κ3) is 4.51. The number of nitrogens with one attached hydrogen (secondary N) is 1. The quantitative estimate of drug-likeness (QED) is 0.369. The Morgan fingerprint density at radius 2 is 1.85 bits per heavy atom. The van der Waals surface area contributed by atoms with Gasteiger partial charge in [-0.2, -0.15) is 0 Å². The third-order valence-electron chi connectivity index (χ3n) is 6.31. The van der Waals surface area contributed by atoms with Crippen molar-refractivity contribution in [1.82, 2.24) is 15.0 Å². The van der Waals surface area contributed by atoms with Gasteiger partial charge in [-0.3, -0.25) is 4.98 Å². The van der Waals surface area contributed by atoms with Gasteiger partial charge in [0.15, 0.2) is 5.82 Å². The summed E-state index contributed by atoms with van der Waals surface area (Å²) in [5.74, 6) is 2.16. The van der Waals surface area contributed by atoms with Crippen LogP contribution in [0.1, 0.15) is 32.1 Å². The number of anilines is 1. The average molecular weight is 443 g/mol. The summed E-state index contributed by atoms with van der Waals surface area (Å²) >= 11 is 0. The second kappa shape index (κ2) is 9.53. The van der Waals surface area contributed by atoms with Crippen molar-refractivity contribution in [3.8, 4) is 28.3 Å². The largest absolute Gasteiger partial charge is 0.491 e. The molecule has 168 valence electrons. The zero-order valence-corrected chi connectivity index (χ0v) is 18.7. The van der Waals surface area contributed by atoms with Crippen LogP contribution in [0.5, 0.6) is 5.75 Å². The zero-order valence-electron chi connectivity index (χ0n) is 18.7. The fourth-order valence-electron chi connectivity index (χ4n) is 4.54. The summed E-state index contributed by atoms with van der Waals surface area (Å²) in [6.07, 6.45) is 9.64. The molecule has 0 amide bonds. The number of nitrogens with zero attached hydrogens (tertiary/aromatic N) is 3. The monoisotopic (exact) mass is 442 g/mol. The minimum atomic E-state index is -0.269. The molecule has 2 aromatic heterocycles. The Balaban J connectivity index is 1.65. The predicted molar refractivity (Wildman–Crippen MR) is 130 cm³/mol. The van der Waals surface area contributed by atoms with Gasteiger partial charge in [0, 0.05) is 36.0 Å². The lowest BCUT2D eigenvalue weighted by Gasteiger charge is -2.22. The number of rotatable bonds is 6. The van der Waals surface area contributed by atoms with Crippen LogP contribution in [0, 0.1) is 11.7 Å². The van der Waals surface area contributed by atoms with Crippen molar-refractivity contribution in [2.24, 2.45) is 5.92 Å². The molecule has 0 aliphatic heterocycles. The minimum absolute atomic E-state index is 0.269. The molecule has 1 aliphatic rings. The van der Waals surface area contributed by atoms with Gasteiger partial charge in [-0.15, -0.1) is 0 Å². The molecule has 0 saturated heterocycles. The fraction of sp³-hybridized carbons (Fsp3) is 0.296. The molecule has 0 unspecified atom stereocenters. The van der Waals surface area contributed by atoms with E-state index >= 15 is 0 Å². The van der Waals surface area contributed by atoms with E-state index in [2.05, 4.69) is 10.3 Å². The van der Waals surface area contributed by atoms with Crippen molar-refractivity contribution < 1.29 is 9.13 Å². The SMILES string of the molecule is CNc1nc(-c2cccnc2)nc2c(OCC3CCCCC3)cc(-c3ccccc3F)cc12. The lowest BCUT2D eigenvalue weighted by atomic mass is 9.90. The highest BCUT2D eigenvalue weighted by Gasteiger charge is 2.19. The number of hydrogen-bond donors (Lipinski definition) is 1. The van der Waals surface area contributed by atoms with Gasteiger partial charge >= 0.3 is 0 Å². The number of ether oxygens (including phenoxy) is 1. The number of pyridine rings is 1. The second-order valence-corrected chi connectivity index (χ2v) is 8.55. The maximum atomic E-state index is 14.7. The molecular weight excluding hydrogens is 415 g/mol. The predicted octanol–water partition coefficient (Wildman–Crippen LogP) is 6.50. The van der Waals surface area contributed by atoms with Gasteiger partial charge in [0.1, 0.15) is 22.9 Å². The molecule has 2 heterocycles. The van der Waals surface area contributed by atoms with Crippen LogP contribution in [0.4, 0.5) is 10.2 Å². The van der Waals surface area contributed by atoms with E-state index in [4.69, 9.17) is 14.7 Å². The number of halogens is 1. The molecule has 5 rings (SSSR count). The Morgan fingerprint density at radius 1 is 1.00 bits per heavy atom. The molecular formula is C27H27FN4O. The summed E-state index contributed by atoms with van der Waals surface area (Å²) in [4.78, 5) is 13.8. The smallest absolute Gasteiger partial charge is 0.163 e. The molecule has 6 heteroatoms. The summed E-state index contributed by atoms with van der Waals surface area (Å²) in [5.41, 5.74) is 2.81. The Morgan fingerprint density at radius 3 is 2.61 bits per heavy atom. The van der Waals surface area contributed by atoms with E-state index in [9.17, 15) is 4.39 Å². The summed E-state index contributed by atoms with van der Waals surface area (Å²) < 4.78 is 21.1. The maximum absolute atomic E-state index is 14.7. The molecule has 1 saturated carbocycles. The van der Waals surface area contributed by atoms with Gasteiger partial charge in [0.25, 0.3) is 0 Å². The van der Waals surface area contributed by atoms with E-state index in [0.29, 0.717) is 41.0 Å². The first-order valence-corrected chi connectivity index (χ1v) is 11.5. The Hall–Kier alpha value is -3.54. The van der Waals surface area contributed by atoms with Crippen molar-refractivity contribution in [2.45, 2.75) is 32.1 Å². The van der Waals surface area contributed by atoms with Crippen LogP contribution in [-0.4, -0.2) is 28.6 Å². The molecule has 4 aromatic rings. The molecule has 0 bridgehead atoms. The van der Waals surface area contributed by atoms with Crippen LogP contribution in [0.2, 0.25) is 0 Å². The first-order valence-electron chi connectivity index (χ1n) is 11.5. The Labute approximate surface area is 193 Å². The lowest BCUT2D eigenvalue weighted by Crippen LogP contribution is -2.15. The van der Waals surface area contributed by atoms with Crippen LogP contribution >= 0.6 is 0 Å². The van der Waals surface area contributed by atoms with Crippen LogP contribution in [0.15, 0.2) is 60.9 Å². The van der Waals surface area contributed by atoms with E-state index in [1.165, 1.54) is 38.2 Å². The number of hydrogen-bond acceptors (Lipinski definition) is 5. The Kier molecular flexibility index (Phi) is 6.15. The highest BCUT2D eigenvalue weighted by atomic mass is 19.1. The van der Waals surface area contributed by atoms with E-state index in [0.717, 1.165) is 16.5 Å². The fourth-order valence-corrected chi connectivity index (χ4v) is 4.54. The van der Waals surface area contributed by atoms with E-state index in [1.54, 1.807) is 24.5 Å². The molecule has 1 N–H and O–H groups in total. The maximum Gasteiger partial charge on any atom is 0.163 e.